The van der Waals surface area contributed by atoms with Gasteiger partial charge in [0.25, 0.3) is 0 Å². The highest BCUT2D eigenvalue weighted by Crippen LogP contribution is 2.22. The molecule has 0 saturated carbocycles. The SMILES string of the molecule is CCCNC(=O)N1CCc2ccc(OCCCN3CCCCC3)cc2CC1. The van der Waals surface area contributed by atoms with Crippen LogP contribution >= 0.6 is 0 Å². The molecule has 0 unspecified atom stereocenters. The zero-order valence-electron chi connectivity index (χ0n) is 16.8. The molecule has 150 valence electrons. The number of ether oxygens (including phenoxy) is 1. The molecule has 2 heterocycles. The summed E-state index contributed by atoms with van der Waals surface area (Å²) in [6.45, 7) is 8.82. The minimum Gasteiger partial charge on any atom is -0.494 e. The van der Waals surface area contributed by atoms with Gasteiger partial charge in [-0.25, -0.2) is 4.79 Å². The van der Waals surface area contributed by atoms with E-state index in [4.69, 9.17) is 4.74 Å². The number of hydrogen-bond acceptors (Lipinski definition) is 3. The van der Waals surface area contributed by atoms with Gasteiger partial charge in [0.05, 0.1) is 6.61 Å². The number of urea groups is 1. The van der Waals surface area contributed by atoms with E-state index in [1.807, 2.05) is 4.90 Å². The Morgan fingerprint density at radius 2 is 1.85 bits per heavy atom. The Morgan fingerprint density at radius 3 is 2.63 bits per heavy atom. The molecule has 1 aromatic rings. The standard InChI is InChI=1S/C22H35N3O2/c1-2-11-23-22(26)25-15-9-19-7-8-21(18-20(19)10-16-25)27-17-6-14-24-12-4-3-5-13-24/h7-8,18H,2-6,9-17H2,1H3,(H,23,26). The van der Waals surface area contributed by atoms with Crippen LogP contribution < -0.4 is 10.1 Å². The molecule has 1 aromatic carbocycles. The van der Waals surface area contributed by atoms with Gasteiger partial charge in [0.2, 0.25) is 0 Å². The van der Waals surface area contributed by atoms with Crippen LogP contribution in [0.25, 0.3) is 0 Å². The van der Waals surface area contributed by atoms with Crippen molar-refractivity contribution in [3.8, 4) is 5.75 Å². The lowest BCUT2D eigenvalue weighted by molar-refractivity contribution is 0.200. The van der Waals surface area contributed by atoms with Crippen LogP contribution in [0, 0.1) is 0 Å². The zero-order valence-corrected chi connectivity index (χ0v) is 16.8. The van der Waals surface area contributed by atoms with Crippen LogP contribution in [0.1, 0.15) is 50.2 Å². The second-order valence-corrected chi connectivity index (χ2v) is 7.75. The summed E-state index contributed by atoms with van der Waals surface area (Å²) in [5.41, 5.74) is 2.68. The van der Waals surface area contributed by atoms with Crippen LogP contribution in [0.15, 0.2) is 18.2 Å². The highest BCUT2D eigenvalue weighted by atomic mass is 16.5. The maximum Gasteiger partial charge on any atom is 0.317 e. The van der Waals surface area contributed by atoms with E-state index in [-0.39, 0.29) is 6.03 Å². The number of benzene rings is 1. The van der Waals surface area contributed by atoms with E-state index in [0.717, 1.165) is 64.2 Å². The maximum absolute atomic E-state index is 12.2. The van der Waals surface area contributed by atoms with Gasteiger partial charge in [0.15, 0.2) is 0 Å². The molecular formula is C22H35N3O2. The maximum atomic E-state index is 12.2. The van der Waals surface area contributed by atoms with Gasteiger partial charge in [0.1, 0.15) is 5.75 Å². The van der Waals surface area contributed by atoms with Gasteiger partial charge in [-0.1, -0.05) is 19.4 Å². The van der Waals surface area contributed by atoms with E-state index in [0.29, 0.717) is 0 Å². The fraction of sp³-hybridized carbons (Fsp3) is 0.682. The highest BCUT2D eigenvalue weighted by Gasteiger charge is 2.18. The third-order valence-corrected chi connectivity index (χ3v) is 5.63. The Labute approximate surface area is 164 Å². The molecule has 2 aliphatic rings. The largest absolute Gasteiger partial charge is 0.494 e. The first-order valence-electron chi connectivity index (χ1n) is 10.8. The van der Waals surface area contributed by atoms with Gasteiger partial charge in [-0.2, -0.15) is 0 Å². The van der Waals surface area contributed by atoms with Gasteiger partial charge in [0, 0.05) is 26.2 Å². The minimum absolute atomic E-state index is 0.0684. The summed E-state index contributed by atoms with van der Waals surface area (Å²) >= 11 is 0. The van der Waals surface area contributed by atoms with Crippen LogP contribution in [0.2, 0.25) is 0 Å². The Morgan fingerprint density at radius 1 is 1.07 bits per heavy atom. The monoisotopic (exact) mass is 373 g/mol. The normalized spacial score (nSPS) is 17.9. The fourth-order valence-corrected chi connectivity index (χ4v) is 4.00. The smallest absolute Gasteiger partial charge is 0.317 e. The summed E-state index contributed by atoms with van der Waals surface area (Å²) in [5, 5.41) is 2.99. The first-order chi connectivity index (χ1) is 13.3. The van der Waals surface area contributed by atoms with E-state index < -0.39 is 0 Å². The van der Waals surface area contributed by atoms with Crippen molar-refractivity contribution in [1.29, 1.82) is 0 Å². The Hall–Kier alpha value is -1.75. The first-order valence-corrected chi connectivity index (χ1v) is 10.8. The van der Waals surface area contributed by atoms with Crippen molar-refractivity contribution in [1.82, 2.24) is 15.1 Å². The van der Waals surface area contributed by atoms with Crippen LogP contribution in [-0.4, -0.2) is 61.7 Å². The molecule has 0 bridgehead atoms. The first kappa shape index (κ1) is 20.0. The number of fused-ring (bicyclic) bond motifs is 1. The molecule has 1 N–H and O–H groups in total. The molecule has 2 amide bonds. The van der Waals surface area contributed by atoms with Gasteiger partial charge in [-0.3, -0.25) is 0 Å². The van der Waals surface area contributed by atoms with Crippen molar-refractivity contribution in [2.75, 3.05) is 45.9 Å². The van der Waals surface area contributed by atoms with Crippen molar-refractivity contribution < 1.29 is 9.53 Å². The number of hydrogen-bond donors (Lipinski definition) is 1. The molecule has 0 spiro atoms. The Balaban J connectivity index is 1.45. The van der Waals surface area contributed by atoms with Gasteiger partial charge < -0.3 is 19.9 Å². The molecule has 5 heteroatoms. The lowest BCUT2D eigenvalue weighted by Crippen LogP contribution is -2.41. The van der Waals surface area contributed by atoms with E-state index in [2.05, 4.69) is 35.3 Å². The summed E-state index contributed by atoms with van der Waals surface area (Å²) in [5.74, 6) is 0.969. The molecule has 2 aliphatic heterocycles. The van der Waals surface area contributed by atoms with Gasteiger partial charge in [-0.15, -0.1) is 0 Å². The highest BCUT2D eigenvalue weighted by molar-refractivity contribution is 5.74. The predicted molar refractivity (Wildman–Crippen MR) is 110 cm³/mol. The minimum atomic E-state index is 0.0684. The fourth-order valence-electron chi connectivity index (χ4n) is 4.00. The number of likely N-dealkylation sites (tertiary alicyclic amines) is 1. The summed E-state index contributed by atoms with van der Waals surface area (Å²) in [6, 6.07) is 6.53. The molecule has 5 nitrogen and oxygen atoms in total. The molecule has 0 radical (unpaired) electrons. The van der Waals surface area contributed by atoms with Crippen molar-refractivity contribution in [3.63, 3.8) is 0 Å². The quantitative estimate of drug-likeness (QED) is 0.745. The van der Waals surface area contributed by atoms with E-state index in [1.165, 1.54) is 43.5 Å². The average molecular weight is 374 g/mol. The second-order valence-electron chi connectivity index (χ2n) is 7.75. The number of amides is 2. The van der Waals surface area contributed by atoms with Gasteiger partial charge in [-0.05, 0) is 74.9 Å². The number of rotatable bonds is 7. The number of nitrogens with one attached hydrogen (secondary N) is 1. The van der Waals surface area contributed by atoms with E-state index >= 15 is 0 Å². The van der Waals surface area contributed by atoms with Crippen LogP contribution in [0.5, 0.6) is 5.75 Å². The molecule has 0 aliphatic carbocycles. The van der Waals surface area contributed by atoms with Crippen molar-refractivity contribution in [2.45, 2.75) is 51.9 Å². The summed E-state index contributed by atoms with van der Waals surface area (Å²) < 4.78 is 6.01. The topological polar surface area (TPSA) is 44.8 Å². The Kier molecular flexibility index (Phi) is 7.81. The van der Waals surface area contributed by atoms with Crippen LogP contribution in [-0.2, 0) is 12.8 Å². The molecule has 1 saturated heterocycles. The third kappa shape index (κ3) is 6.13. The Bertz CT molecular complexity index is 599. The number of piperidine rings is 1. The van der Waals surface area contributed by atoms with Crippen LogP contribution in [0.4, 0.5) is 4.79 Å². The lowest BCUT2D eigenvalue weighted by atomic mass is 10.0. The molecule has 0 atom stereocenters. The van der Waals surface area contributed by atoms with E-state index in [9.17, 15) is 4.79 Å². The molecule has 1 fully saturated rings. The van der Waals surface area contributed by atoms with Crippen molar-refractivity contribution >= 4 is 6.03 Å². The van der Waals surface area contributed by atoms with Crippen LogP contribution in [0.3, 0.4) is 0 Å². The second kappa shape index (κ2) is 10.5. The molecule has 3 rings (SSSR count). The summed E-state index contributed by atoms with van der Waals surface area (Å²) in [4.78, 5) is 16.7. The summed E-state index contributed by atoms with van der Waals surface area (Å²) in [6.07, 6.45) is 7.96. The predicted octanol–water partition coefficient (Wildman–Crippen LogP) is 3.46. The molecular weight excluding hydrogens is 338 g/mol. The van der Waals surface area contributed by atoms with Gasteiger partial charge >= 0.3 is 6.03 Å². The summed E-state index contributed by atoms with van der Waals surface area (Å²) in [7, 11) is 0. The zero-order chi connectivity index (χ0) is 18.9. The van der Waals surface area contributed by atoms with Crippen molar-refractivity contribution in [3.05, 3.63) is 29.3 Å². The lowest BCUT2D eigenvalue weighted by Gasteiger charge is -2.26. The van der Waals surface area contributed by atoms with Crippen molar-refractivity contribution in [2.24, 2.45) is 0 Å². The number of carbonyl (C=O) groups is 1. The third-order valence-electron chi connectivity index (χ3n) is 5.63. The average Bonchev–Trinajstić information content (AvgIpc) is 2.92. The molecule has 27 heavy (non-hydrogen) atoms. The number of carbonyl (C=O) groups excluding carboxylic acids is 1. The number of nitrogens with zero attached hydrogens (tertiary/aromatic N) is 2. The molecule has 0 aromatic heterocycles. The van der Waals surface area contributed by atoms with E-state index in [1.54, 1.807) is 0 Å².